The molecule has 0 unspecified atom stereocenters. The fourth-order valence-electron chi connectivity index (χ4n) is 3.53. The largest absolute Gasteiger partial charge is 0.461 e. The van der Waals surface area contributed by atoms with Crippen LogP contribution < -0.4 is 0 Å². The first kappa shape index (κ1) is 15.3. The van der Waals surface area contributed by atoms with Gasteiger partial charge < -0.3 is 9.47 Å². The highest BCUT2D eigenvalue weighted by Gasteiger charge is 2.71. The average Bonchev–Trinajstić information content (AvgIpc) is 2.61. The van der Waals surface area contributed by atoms with Gasteiger partial charge in [-0.25, -0.2) is 0 Å². The molecule has 0 aromatic rings. The van der Waals surface area contributed by atoms with Crippen molar-refractivity contribution in [1.82, 2.24) is 0 Å². The lowest BCUT2D eigenvalue weighted by Crippen LogP contribution is -2.62. The van der Waals surface area contributed by atoms with E-state index in [0.717, 1.165) is 0 Å². The SMILES string of the molecule is CC(C)(C)C(=O)OC[C@H]1OC(=O)[C@@H]2[C@H]1C(C)(C)C2(C)C. The predicted octanol–water partition coefficient (Wildman–Crippen LogP) is 2.80. The number of ether oxygens (including phenoxy) is 2. The van der Waals surface area contributed by atoms with Gasteiger partial charge in [0, 0.05) is 5.92 Å². The Kier molecular flexibility index (Phi) is 3.23. The minimum atomic E-state index is -0.531. The third-order valence-electron chi connectivity index (χ3n) is 5.54. The molecule has 0 N–H and O–H groups in total. The van der Waals surface area contributed by atoms with Crippen LogP contribution >= 0.6 is 0 Å². The molecule has 0 bridgehead atoms. The summed E-state index contributed by atoms with van der Waals surface area (Å²) in [7, 11) is 0. The molecule has 1 aliphatic carbocycles. The fraction of sp³-hybridized carbons (Fsp3) is 0.875. The summed E-state index contributed by atoms with van der Waals surface area (Å²) >= 11 is 0. The van der Waals surface area contributed by atoms with E-state index < -0.39 is 5.41 Å². The lowest BCUT2D eigenvalue weighted by molar-refractivity contribution is -0.173. The Labute approximate surface area is 121 Å². The summed E-state index contributed by atoms with van der Waals surface area (Å²) in [5.74, 6) is -0.335. The molecule has 1 heterocycles. The Bertz CT molecular complexity index is 442. The molecule has 0 aromatic heterocycles. The van der Waals surface area contributed by atoms with Crippen molar-refractivity contribution < 1.29 is 19.1 Å². The van der Waals surface area contributed by atoms with E-state index in [4.69, 9.17) is 9.47 Å². The molecular formula is C16H26O4. The Hall–Kier alpha value is -1.06. The Balaban J connectivity index is 2.06. The van der Waals surface area contributed by atoms with E-state index in [1.807, 2.05) is 20.8 Å². The van der Waals surface area contributed by atoms with E-state index in [1.165, 1.54) is 0 Å². The van der Waals surface area contributed by atoms with Crippen LogP contribution in [0.4, 0.5) is 0 Å². The van der Waals surface area contributed by atoms with Gasteiger partial charge in [-0.2, -0.15) is 0 Å². The molecule has 0 radical (unpaired) electrons. The average molecular weight is 282 g/mol. The Morgan fingerprint density at radius 2 is 1.75 bits per heavy atom. The molecule has 2 rings (SSSR count). The smallest absolute Gasteiger partial charge is 0.311 e. The standard InChI is InChI=1S/C16H26O4/c1-14(2,3)13(18)19-8-9-10-11(12(17)20-9)16(6,7)15(10,4)5/h9-11H,8H2,1-7H3/t9-,10+,11+/m1/s1. The maximum absolute atomic E-state index is 12.0. The molecule has 20 heavy (non-hydrogen) atoms. The van der Waals surface area contributed by atoms with Crippen molar-refractivity contribution in [3.63, 3.8) is 0 Å². The quantitative estimate of drug-likeness (QED) is 0.731. The Morgan fingerprint density at radius 1 is 1.20 bits per heavy atom. The number of fused-ring (bicyclic) bond motifs is 1. The maximum atomic E-state index is 12.0. The van der Waals surface area contributed by atoms with Gasteiger partial charge in [-0.15, -0.1) is 0 Å². The summed E-state index contributed by atoms with van der Waals surface area (Å²) in [5, 5.41) is 0. The van der Waals surface area contributed by atoms with Crippen LogP contribution in [0.15, 0.2) is 0 Å². The van der Waals surface area contributed by atoms with E-state index in [2.05, 4.69) is 27.7 Å². The molecule has 3 atom stereocenters. The summed E-state index contributed by atoms with van der Waals surface area (Å²) in [4.78, 5) is 23.9. The molecule has 114 valence electrons. The van der Waals surface area contributed by atoms with Crippen molar-refractivity contribution >= 4 is 11.9 Å². The van der Waals surface area contributed by atoms with Crippen molar-refractivity contribution in [3.05, 3.63) is 0 Å². The number of carbonyl (C=O) groups excluding carboxylic acids is 2. The number of hydrogen-bond acceptors (Lipinski definition) is 4. The van der Waals surface area contributed by atoms with Crippen LogP contribution in [0, 0.1) is 28.1 Å². The highest BCUT2D eigenvalue weighted by molar-refractivity contribution is 5.79. The molecule has 1 aliphatic heterocycles. The van der Waals surface area contributed by atoms with Gasteiger partial charge in [0.15, 0.2) is 0 Å². The van der Waals surface area contributed by atoms with Gasteiger partial charge in [-0.05, 0) is 31.6 Å². The van der Waals surface area contributed by atoms with Crippen LogP contribution in [0.5, 0.6) is 0 Å². The van der Waals surface area contributed by atoms with Gasteiger partial charge in [0.1, 0.15) is 12.7 Å². The zero-order valence-electron chi connectivity index (χ0n) is 13.6. The van der Waals surface area contributed by atoms with Crippen LogP contribution in [0.25, 0.3) is 0 Å². The number of cyclic esters (lactones) is 1. The van der Waals surface area contributed by atoms with E-state index in [9.17, 15) is 9.59 Å². The number of esters is 2. The fourth-order valence-corrected chi connectivity index (χ4v) is 3.53. The summed E-state index contributed by atoms with van der Waals surface area (Å²) in [6, 6.07) is 0. The van der Waals surface area contributed by atoms with Crippen molar-refractivity contribution in [2.45, 2.75) is 54.6 Å². The topological polar surface area (TPSA) is 52.6 Å². The highest BCUT2D eigenvalue weighted by Crippen LogP contribution is 2.68. The van der Waals surface area contributed by atoms with Crippen LogP contribution in [-0.2, 0) is 19.1 Å². The third kappa shape index (κ3) is 1.95. The molecule has 2 aliphatic rings. The molecule has 0 spiro atoms. The maximum Gasteiger partial charge on any atom is 0.311 e. The lowest BCUT2D eigenvalue weighted by Gasteiger charge is -2.61. The van der Waals surface area contributed by atoms with Crippen LogP contribution in [-0.4, -0.2) is 24.6 Å². The molecule has 2 fully saturated rings. The van der Waals surface area contributed by atoms with Crippen molar-refractivity contribution in [3.8, 4) is 0 Å². The van der Waals surface area contributed by atoms with Gasteiger partial charge in [-0.1, -0.05) is 27.7 Å². The normalized spacial score (nSPS) is 34.0. The van der Waals surface area contributed by atoms with Gasteiger partial charge >= 0.3 is 11.9 Å². The van der Waals surface area contributed by atoms with Crippen LogP contribution in [0.2, 0.25) is 0 Å². The lowest BCUT2D eigenvalue weighted by atomic mass is 9.40. The van der Waals surface area contributed by atoms with Gasteiger partial charge in [0.25, 0.3) is 0 Å². The number of carbonyl (C=O) groups is 2. The van der Waals surface area contributed by atoms with E-state index >= 15 is 0 Å². The number of rotatable bonds is 2. The van der Waals surface area contributed by atoms with E-state index in [-0.39, 0.29) is 47.3 Å². The second-order valence-corrected chi connectivity index (χ2v) is 8.27. The molecular weight excluding hydrogens is 256 g/mol. The minimum absolute atomic E-state index is 0.00261. The zero-order chi connectivity index (χ0) is 15.5. The molecule has 1 saturated heterocycles. The molecule has 4 heteroatoms. The molecule has 0 aromatic carbocycles. The van der Waals surface area contributed by atoms with Gasteiger partial charge in [0.2, 0.25) is 0 Å². The van der Waals surface area contributed by atoms with Crippen molar-refractivity contribution in [1.29, 1.82) is 0 Å². The minimum Gasteiger partial charge on any atom is -0.461 e. The van der Waals surface area contributed by atoms with Gasteiger partial charge in [-0.3, -0.25) is 9.59 Å². The van der Waals surface area contributed by atoms with E-state index in [0.29, 0.717) is 0 Å². The second-order valence-electron chi connectivity index (χ2n) is 8.27. The first-order chi connectivity index (χ1) is 8.90. The summed E-state index contributed by atoms with van der Waals surface area (Å²) in [5.41, 5.74) is -0.601. The zero-order valence-corrected chi connectivity index (χ0v) is 13.6. The van der Waals surface area contributed by atoms with Crippen molar-refractivity contribution in [2.24, 2.45) is 28.1 Å². The molecule has 0 amide bonds. The van der Waals surface area contributed by atoms with Crippen LogP contribution in [0.3, 0.4) is 0 Å². The summed E-state index contributed by atoms with van der Waals surface area (Å²) in [6.07, 6.45) is -0.304. The third-order valence-corrected chi connectivity index (χ3v) is 5.54. The number of hydrogen-bond donors (Lipinski definition) is 0. The molecule has 1 saturated carbocycles. The summed E-state index contributed by atoms with van der Waals surface area (Å²) < 4.78 is 10.8. The first-order valence-corrected chi connectivity index (χ1v) is 7.28. The highest BCUT2D eigenvalue weighted by atomic mass is 16.6. The van der Waals surface area contributed by atoms with Gasteiger partial charge in [0.05, 0.1) is 11.3 Å². The summed E-state index contributed by atoms with van der Waals surface area (Å²) in [6.45, 7) is 14.2. The van der Waals surface area contributed by atoms with Crippen molar-refractivity contribution in [2.75, 3.05) is 6.61 Å². The second kappa shape index (κ2) is 4.22. The van der Waals surface area contributed by atoms with E-state index in [1.54, 1.807) is 0 Å². The first-order valence-electron chi connectivity index (χ1n) is 7.28. The van der Waals surface area contributed by atoms with Crippen LogP contribution in [0.1, 0.15) is 48.5 Å². The molecule has 4 nitrogen and oxygen atoms in total. The Morgan fingerprint density at radius 3 is 2.25 bits per heavy atom. The predicted molar refractivity (Wildman–Crippen MR) is 74.8 cm³/mol. The monoisotopic (exact) mass is 282 g/mol.